The van der Waals surface area contributed by atoms with Crippen LogP contribution in [0.1, 0.15) is 22.5 Å². The summed E-state index contributed by atoms with van der Waals surface area (Å²) in [5.41, 5.74) is 4.99. The van der Waals surface area contributed by atoms with Crippen LogP contribution in [0.5, 0.6) is 0 Å². The van der Waals surface area contributed by atoms with Gasteiger partial charge in [0.05, 0.1) is 11.8 Å². The van der Waals surface area contributed by atoms with E-state index in [0.717, 1.165) is 23.2 Å². The lowest BCUT2D eigenvalue weighted by molar-refractivity contribution is -0.137. The van der Waals surface area contributed by atoms with Crippen molar-refractivity contribution in [2.45, 2.75) is 18.6 Å². The Morgan fingerprint density at radius 3 is 2.52 bits per heavy atom. The van der Waals surface area contributed by atoms with Crippen LogP contribution in [0.15, 0.2) is 24.5 Å². The maximum absolute atomic E-state index is 12.5. The first-order chi connectivity index (χ1) is 10.8. The standard InChI is InChI=1S/C13H13F3N6O.2ClH/c14-13(15,16)8-1-2-11(18-5-8)22-7-10(19-20-22)12(23)21-4-3-9(17)6-21;;/h1-2,5,7,9H,3-4,6,17H2;2*1H. The zero-order valence-electron chi connectivity index (χ0n) is 12.7. The molecule has 3 rings (SSSR count). The van der Waals surface area contributed by atoms with Crippen LogP contribution >= 0.6 is 24.8 Å². The topological polar surface area (TPSA) is 89.9 Å². The van der Waals surface area contributed by atoms with Gasteiger partial charge in [-0.05, 0) is 18.6 Å². The van der Waals surface area contributed by atoms with E-state index in [1.165, 1.54) is 6.20 Å². The van der Waals surface area contributed by atoms with Gasteiger partial charge in [-0.25, -0.2) is 9.67 Å². The van der Waals surface area contributed by atoms with Gasteiger partial charge in [-0.2, -0.15) is 13.2 Å². The minimum absolute atomic E-state index is 0. The monoisotopic (exact) mass is 398 g/mol. The average molecular weight is 399 g/mol. The third kappa shape index (κ3) is 4.59. The number of hydrogen-bond acceptors (Lipinski definition) is 5. The molecule has 1 fully saturated rings. The molecular formula is C13H15Cl2F3N6O. The van der Waals surface area contributed by atoms with E-state index in [9.17, 15) is 18.0 Å². The number of carbonyl (C=O) groups excluding carboxylic acids is 1. The first-order valence-electron chi connectivity index (χ1n) is 6.85. The molecule has 0 spiro atoms. The Kier molecular flexibility index (Phi) is 6.75. The lowest BCUT2D eigenvalue weighted by atomic mass is 10.3. The third-order valence-electron chi connectivity index (χ3n) is 3.53. The fraction of sp³-hybridized carbons (Fsp3) is 0.385. The Labute approximate surface area is 153 Å². The van der Waals surface area contributed by atoms with Gasteiger partial charge >= 0.3 is 6.18 Å². The summed E-state index contributed by atoms with van der Waals surface area (Å²) in [6.07, 6.45) is -1.69. The van der Waals surface area contributed by atoms with Gasteiger partial charge in [-0.3, -0.25) is 4.79 Å². The largest absolute Gasteiger partial charge is 0.417 e. The molecule has 1 unspecified atom stereocenters. The Morgan fingerprint density at radius 1 is 1.28 bits per heavy atom. The van der Waals surface area contributed by atoms with Crippen LogP contribution in [0.3, 0.4) is 0 Å². The number of pyridine rings is 1. The van der Waals surface area contributed by atoms with Crippen molar-refractivity contribution < 1.29 is 18.0 Å². The number of rotatable bonds is 2. The zero-order chi connectivity index (χ0) is 16.6. The molecule has 0 aromatic carbocycles. The van der Waals surface area contributed by atoms with Crippen LogP contribution in [0, 0.1) is 0 Å². The number of aromatic nitrogens is 4. The molecule has 12 heteroatoms. The smallest absolute Gasteiger partial charge is 0.336 e. The summed E-state index contributed by atoms with van der Waals surface area (Å²) in [7, 11) is 0. The van der Waals surface area contributed by atoms with Crippen molar-refractivity contribution in [2.75, 3.05) is 13.1 Å². The molecule has 1 amide bonds. The summed E-state index contributed by atoms with van der Waals surface area (Å²) < 4.78 is 38.7. The highest BCUT2D eigenvalue weighted by Gasteiger charge is 2.31. The fourth-order valence-corrected chi connectivity index (χ4v) is 2.30. The number of nitrogens with two attached hydrogens (primary N) is 1. The molecule has 0 aliphatic carbocycles. The van der Waals surface area contributed by atoms with E-state index in [4.69, 9.17) is 5.73 Å². The Balaban J connectivity index is 0.00000156. The van der Waals surface area contributed by atoms with Crippen LogP contribution in [-0.2, 0) is 6.18 Å². The Hall–Kier alpha value is -1.91. The van der Waals surface area contributed by atoms with Crippen molar-refractivity contribution in [1.29, 1.82) is 0 Å². The quantitative estimate of drug-likeness (QED) is 0.831. The number of likely N-dealkylation sites (tertiary alicyclic amines) is 1. The van der Waals surface area contributed by atoms with E-state index in [-0.39, 0.29) is 48.3 Å². The van der Waals surface area contributed by atoms with E-state index in [0.29, 0.717) is 19.3 Å². The second kappa shape index (κ2) is 7.98. The van der Waals surface area contributed by atoms with Gasteiger partial charge in [0.2, 0.25) is 0 Å². The molecule has 2 N–H and O–H groups in total. The predicted octanol–water partition coefficient (Wildman–Crippen LogP) is 1.70. The molecule has 1 saturated heterocycles. The van der Waals surface area contributed by atoms with E-state index in [1.54, 1.807) is 4.90 Å². The average Bonchev–Trinajstić information content (AvgIpc) is 3.15. The molecule has 1 atom stereocenters. The van der Waals surface area contributed by atoms with Crippen LogP contribution in [-0.4, -0.2) is 49.9 Å². The minimum atomic E-state index is -4.45. The molecule has 25 heavy (non-hydrogen) atoms. The number of nitrogens with zero attached hydrogens (tertiary/aromatic N) is 5. The molecule has 0 radical (unpaired) electrons. The highest BCUT2D eigenvalue weighted by molar-refractivity contribution is 5.92. The number of halogens is 5. The van der Waals surface area contributed by atoms with E-state index in [1.807, 2.05) is 0 Å². The van der Waals surface area contributed by atoms with Crippen LogP contribution in [0.4, 0.5) is 13.2 Å². The highest BCUT2D eigenvalue weighted by Crippen LogP contribution is 2.28. The normalized spacial score (nSPS) is 17.0. The van der Waals surface area contributed by atoms with E-state index < -0.39 is 11.7 Å². The number of carbonyl (C=O) groups is 1. The van der Waals surface area contributed by atoms with Crippen LogP contribution < -0.4 is 5.73 Å². The molecule has 3 heterocycles. The van der Waals surface area contributed by atoms with Crippen LogP contribution in [0.2, 0.25) is 0 Å². The van der Waals surface area contributed by atoms with Crippen molar-refractivity contribution in [3.05, 3.63) is 35.8 Å². The summed E-state index contributed by atoms with van der Waals surface area (Å²) in [5, 5.41) is 7.49. The molecule has 1 aliphatic rings. The van der Waals surface area contributed by atoms with E-state index >= 15 is 0 Å². The first kappa shape index (κ1) is 21.1. The van der Waals surface area contributed by atoms with E-state index in [2.05, 4.69) is 15.3 Å². The summed E-state index contributed by atoms with van der Waals surface area (Å²) >= 11 is 0. The third-order valence-corrected chi connectivity index (χ3v) is 3.53. The molecule has 2 aromatic rings. The van der Waals surface area contributed by atoms with Gasteiger partial charge in [0, 0.05) is 25.3 Å². The minimum Gasteiger partial charge on any atom is -0.336 e. The second-order valence-corrected chi connectivity index (χ2v) is 5.25. The molecule has 0 bridgehead atoms. The Bertz CT molecular complexity index is 721. The molecule has 1 aliphatic heterocycles. The maximum Gasteiger partial charge on any atom is 0.417 e. The number of amides is 1. The van der Waals surface area contributed by atoms with Crippen molar-refractivity contribution in [1.82, 2.24) is 24.9 Å². The van der Waals surface area contributed by atoms with Crippen molar-refractivity contribution in [3.63, 3.8) is 0 Å². The lowest BCUT2D eigenvalue weighted by Gasteiger charge is -2.13. The number of hydrogen-bond donors (Lipinski definition) is 1. The second-order valence-electron chi connectivity index (χ2n) is 5.25. The molecular weight excluding hydrogens is 384 g/mol. The van der Waals surface area contributed by atoms with Gasteiger partial charge in [-0.15, -0.1) is 29.9 Å². The van der Waals surface area contributed by atoms with Crippen molar-refractivity contribution >= 4 is 30.7 Å². The summed E-state index contributed by atoms with van der Waals surface area (Å²) in [6.45, 7) is 0.996. The Morgan fingerprint density at radius 2 is 2.00 bits per heavy atom. The summed E-state index contributed by atoms with van der Waals surface area (Å²) in [6, 6.07) is 2.01. The first-order valence-corrected chi connectivity index (χ1v) is 6.85. The molecule has 2 aromatic heterocycles. The summed E-state index contributed by atoms with van der Waals surface area (Å²) in [4.78, 5) is 17.5. The molecule has 7 nitrogen and oxygen atoms in total. The van der Waals surface area contributed by atoms with Gasteiger partial charge < -0.3 is 10.6 Å². The predicted molar refractivity (Wildman–Crippen MR) is 87.1 cm³/mol. The summed E-state index contributed by atoms with van der Waals surface area (Å²) in [5.74, 6) is -0.168. The number of alkyl halides is 3. The van der Waals surface area contributed by atoms with Crippen molar-refractivity contribution in [2.24, 2.45) is 5.73 Å². The fourth-order valence-electron chi connectivity index (χ4n) is 2.30. The highest BCUT2D eigenvalue weighted by atomic mass is 35.5. The van der Waals surface area contributed by atoms with Gasteiger partial charge in [0.15, 0.2) is 11.5 Å². The molecule has 0 saturated carbocycles. The van der Waals surface area contributed by atoms with Crippen molar-refractivity contribution in [3.8, 4) is 5.82 Å². The maximum atomic E-state index is 12.5. The van der Waals surface area contributed by atoms with Gasteiger partial charge in [0.25, 0.3) is 5.91 Å². The van der Waals surface area contributed by atoms with Gasteiger partial charge in [0.1, 0.15) is 0 Å². The zero-order valence-corrected chi connectivity index (χ0v) is 14.3. The SMILES string of the molecule is Cl.Cl.NC1CCN(C(=O)c2cn(-c3ccc(C(F)(F)F)cn3)nn2)C1. The van der Waals surface area contributed by atoms with Crippen LogP contribution in [0.25, 0.3) is 5.82 Å². The van der Waals surface area contributed by atoms with Gasteiger partial charge in [-0.1, -0.05) is 5.21 Å². The molecule has 138 valence electrons. The lowest BCUT2D eigenvalue weighted by Crippen LogP contribution is -2.32.